The molecule has 1 fully saturated rings. The first kappa shape index (κ1) is 17.1. The summed E-state index contributed by atoms with van der Waals surface area (Å²) in [7, 11) is -3.13. The van der Waals surface area contributed by atoms with E-state index in [1.165, 1.54) is 5.41 Å². The summed E-state index contributed by atoms with van der Waals surface area (Å²) in [4.78, 5) is 18.4. The number of carbonyl (C=O) groups excluding carboxylic acids is 1. The zero-order valence-corrected chi connectivity index (χ0v) is 14.5. The molecule has 0 bridgehead atoms. The summed E-state index contributed by atoms with van der Waals surface area (Å²) in [5.41, 5.74) is 0.681. The van der Waals surface area contributed by atoms with Gasteiger partial charge in [-0.1, -0.05) is 12.1 Å². The van der Waals surface area contributed by atoms with Crippen molar-refractivity contribution in [3.8, 4) is 0 Å². The predicted molar refractivity (Wildman–Crippen MR) is 89.7 cm³/mol. The Hall–Kier alpha value is -1.73. The molecule has 0 aliphatic carbocycles. The molecule has 3 heterocycles. The Balaban J connectivity index is 1.57. The number of hydrogen-bond donors (Lipinski definition) is 1. The van der Waals surface area contributed by atoms with Crippen LogP contribution >= 0.6 is 0 Å². The minimum Gasteiger partial charge on any atom is -0.383 e. The van der Waals surface area contributed by atoms with Crippen LogP contribution < -0.4 is 0 Å². The van der Waals surface area contributed by atoms with E-state index in [-0.39, 0.29) is 24.0 Å². The maximum absolute atomic E-state index is 12.4. The second-order valence-corrected chi connectivity index (χ2v) is 8.69. The number of sulfone groups is 1. The molecule has 24 heavy (non-hydrogen) atoms. The minimum atomic E-state index is -3.13. The fourth-order valence-electron chi connectivity index (χ4n) is 3.25. The fraction of sp³-hybridized carbons (Fsp3) is 0.529. The van der Waals surface area contributed by atoms with Crippen molar-refractivity contribution in [3.63, 3.8) is 0 Å². The Morgan fingerprint density at radius 2 is 2.08 bits per heavy atom. The Morgan fingerprint density at radius 1 is 1.38 bits per heavy atom. The number of aliphatic hydroxyl groups is 1. The molecule has 0 saturated carbocycles. The molecule has 7 heteroatoms. The van der Waals surface area contributed by atoms with Crippen molar-refractivity contribution >= 4 is 15.7 Å². The summed E-state index contributed by atoms with van der Waals surface area (Å²) >= 11 is 0. The highest BCUT2D eigenvalue weighted by molar-refractivity contribution is 7.94. The van der Waals surface area contributed by atoms with Crippen LogP contribution in [0.5, 0.6) is 0 Å². The van der Waals surface area contributed by atoms with E-state index in [0.717, 1.165) is 5.56 Å². The first-order valence-electron chi connectivity index (χ1n) is 8.12. The van der Waals surface area contributed by atoms with Crippen molar-refractivity contribution < 1.29 is 18.3 Å². The van der Waals surface area contributed by atoms with E-state index >= 15 is 0 Å². The van der Waals surface area contributed by atoms with Gasteiger partial charge < -0.3 is 10.0 Å². The van der Waals surface area contributed by atoms with Gasteiger partial charge in [0, 0.05) is 37.0 Å². The first-order valence-corrected chi connectivity index (χ1v) is 9.83. The molecule has 0 aromatic carbocycles. The van der Waals surface area contributed by atoms with Crippen molar-refractivity contribution in [2.24, 2.45) is 5.92 Å². The van der Waals surface area contributed by atoms with E-state index in [4.69, 9.17) is 0 Å². The number of piperidine rings is 1. The van der Waals surface area contributed by atoms with E-state index in [0.29, 0.717) is 31.6 Å². The largest absolute Gasteiger partial charge is 0.383 e. The van der Waals surface area contributed by atoms with E-state index in [2.05, 4.69) is 4.98 Å². The number of allylic oxidation sites excluding steroid dienone is 1. The summed E-state index contributed by atoms with van der Waals surface area (Å²) in [5.74, 6) is -0.271. The van der Waals surface area contributed by atoms with Gasteiger partial charge >= 0.3 is 0 Å². The average Bonchev–Trinajstić information content (AvgIpc) is 2.87. The molecule has 1 aromatic heterocycles. The van der Waals surface area contributed by atoms with Crippen LogP contribution in [-0.2, 0) is 20.2 Å². The molecular weight excluding hydrogens is 328 g/mol. The highest BCUT2D eigenvalue weighted by atomic mass is 32.2. The molecule has 1 unspecified atom stereocenters. The number of rotatable bonds is 3. The zero-order valence-electron chi connectivity index (χ0n) is 13.7. The molecule has 1 amide bonds. The Kier molecular flexibility index (Phi) is 4.48. The predicted octanol–water partition coefficient (Wildman–Crippen LogP) is 1.15. The molecule has 0 spiro atoms. The summed E-state index contributed by atoms with van der Waals surface area (Å²) < 4.78 is 22.8. The van der Waals surface area contributed by atoms with Crippen molar-refractivity contribution in [1.82, 2.24) is 9.88 Å². The lowest BCUT2D eigenvalue weighted by atomic mass is 9.87. The second kappa shape index (κ2) is 6.29. The standard InChI is InChI=1S/C17H22N2O4S/c1-13-2-3-15(18-11-13)17(21)5-7-19(8-6-17)16(20)10-14-4-9-24(22,23)12-14/h2-4,9,11,14,21H,5-8,10,12H2,1H3. The van der Waals surface area contributed by atoms with Gasteiger partial charge in [-0.15, -0.1) is 0 Å². The van der Waals surface area contributed by atoms with E-state index in [9.17, 15) is 18.3 Å². The smallest absolute Gasteiger partial charge is 0.223 e. The third kappa shape index (κ3) is 3.67. The monoisotopic (exact) mass is 350 g/mol. The quantitative estimate of drug-likeness (QED) is 0.883. The topological polar surface area (TPSA) is 87.6 Å². The molecule has 6 nitrogen and oxygen atoms in total. The number of nitrogens with zero attached hydrogens (tertiary/aromatic N) is 2. The van der Waals surface area contributed by atoms with Gasteiger partial charge in [0.2, 0.25) is 5.91 Å². The second-order valence-electron chi connectivity index (χ2n) is 6.76. The molecular formula is C17H22N2O4S. The summed E-state index contributed by atoms with van der Waals surface area (Å²) in [6, 6.07) is 3.76. The SMILES string of the molecule is Cc1ccc(C2(O)CCN(C(=O)CC3C=CS(=O)(=O)C3)CC2)nc1. The average molecular weight is 350 g/mol. The summed E-state index contributed by atoms with van der Waals surface area (Å²) in [6.07, 6.45) is 4.42. The van der Waals surface area contributed by atoms with Gasteiger partial charge in [0.05, 0.1) is 11.4 Å². The lowest BCUT2D eigenvalue weighted by Crippen LogP contribution is -2.45. The third-order valence-electron chi connectivity index (χ3n) is 4.77. The number of carbonyl (C=O) groups is 1. The Labute approximate surface area is 142 Å². The molecule has 2 aliphatic rings. The summed E-state index contributed by atoms with van der Waals surface area (Å²) in [6.45, 7) is 2.85. The van der Waals surface area contributed by atoms with Crippen LogP contribution in [0, 0.1) is 12.8 Å². The van der Waals surface area contributed by atoms with Gasteiger partial charge in [0.15, 0.2) is 9.84 Å². The van der Waals surface area contributed by atoms with Crippen LogP contribution in [0.15, 0.2) is 29.8 Å². The maximum Gasteiger partial charge on any atom is 0.223 e. The normalized spacial score (nSPS) is 24.9. The van der Waals surface area contributed by atoms with Crippen molar-refractivity contribution in [1.29, 1.82) is 0 Å². The van der Waals surface area contributed by atoms with Crippen molar-refractivity contribution in [2.75, 3.05) is 18.8 Å². The first-order chi connectivity index (χ1) is 11.3. The highest BCUT2D eigenvalue weighted by Crippen LogP contribution is 2.32. The summed E-state index contributed by atoms with van der Waals surface area (Å²) in [5, 5.41) is 12.0. The minimum absolute atomic E-state index is 0.0177. The fourth-order valence-corrected chi connectivity index (χ4v) is 4.64. The number of pyridine rings is 1. The van der Waals surface area contributed by atoms with Crippen LogP contribution in [0.1, 0.15) is 30.5 Å². The molecule has 1 aromatic rings. The van der Waals surface area contributed by atoms with Crippen LogP contribution in [-0.4, -0.2) is 48.2 Å². The van der Waals surface area contributed by atoms with Gasteiger partial charge in [-0.2, -0.15) is 0 Å². The van der Waals surface area contributed by atoms with Gasteiger partial charge in [-0.05, 0) is 31.4 Å². The number of aromatic nitrogens is 1. The molecule has 1 N–H and O–H groups in total. The van der Waals surface area contributed by atoms with Crippen LogP contribution in [0.25, 0.3) is 0 Å². The van der Waals surface area contributed by atoms with Crippen LogP contribution in [0.3, 0.4) is 0 Å². The maximum atomic E-state index is 12.4. The molecule has 1 saturated heterocycles. The number of likely N-dealkylation sites (tertiary alicyclic amines) is 1. The number of hydrogen-bond acceptors (Lipinski definition) is 5. The van der Waals surface area contributed by atoms with Crippen LogP contribution in [0.4, 0.5) is 0 Å². The van der Waals surface area contributed by atoms with E-state index < -0.39 is 15.4 Å². The molecule has 130 valence electrons. The number of aryl methyl sites for hydroxylation is 1. The van der Waals surface area contributed by atoms with Gasteiger partial charge in [0.1, 0.15) is 5.60 Å². The van der Waals surface area contributed by atoms with Gasteiger partial charge in [-0.25, -0.2) is 8.42 Å². The van der Waals surface area contributed by atoms with Crippen LogP contribution in [0.2, 0.25) is 0 Å². The highest BCUT2D eigenvalue weighted by Gasteiger charge is 2.37. The molecule has 1 atom stereocenters. The van der Waals surface area contributed by atoms with Gasteiger partial charge in [-0.3, -0.25) is 9.78 Å². The lowest BCUT2D eigenvalue weighted by Gasteiger charge is -2.38. The molecule has 0 radical (unpaired) electrons. The van der Waals surface area contributed by atoms with E-state index in [1.807, 2.05) is 19.1 Å². The van der Waals surface area contributed by atoms with E-state index in [1.54, 1.807) is 17.2 Å². The Bertz CT molecular complexity index is 747. The van der Waals surface area contributed by atoms with Crippen molar-refractivity contribution in [2.45, 2.75) is 31.8 Å². The number of amides is 1. The van der Waals surface area contributed by atoms with Crippen molar-refractivity contribution in [3.05, 3.63) is 41.1 Å². The van der Waals surface area contributed by atoms with Gasteiger partial charge in [0.25, 0.3) is 0 Å². The lowest BCUT2D eigenvalue weighted by molar-refractivity contribution is -0.136. The third-order valence-corrected chi connectivity index (χ3v) is 6.24. The zero-order chi connectivity index (χ0) is 17.4. The Morgan fingerprint density at radius 3 is 2.62 bits per heavy atom. The molecule has 3 rings (SSSR count). The molecule has 2 aliphatic heterocycles.